The summed E-state index contributed by atoms with van der Waals surface area (Å²) in [5, 5.41) is 11.4. The predicted molar refractivity (Wildman–Crippen MR) is 86.0 cm³/mol. The molecule has 2 aromatic carbocycles. The summed E-state index contributed by atoms with van der Waals surface area (Å²) in [7, 11) is 1.75. The normalized spacial score (nSPS) is 10.2. The van der Waals surface area contributed by atoms with Gasteiger partial charge in [0.15, 0.2) is 6.29 Å². The first kappa shape index (κ1) is 20.0. The molecule has 0 radical (unpaired) electrons. The Morgan fingerprint density at radius 1 is 1.20 bits per heavy atom. The standard InChI is InChI=1S/C9H7F3O2.C8H9NO2/c10-9(11,12)7-1-3-8(4-2-7)14-6-5-13;1-9-7-4-2-3-6(5-7)8(10)11/h1-5H,6H2;2-5,9H,1H3,(H,10,11). The van der Waals surface area contributed by atoms with Crippen LogP contribution in [-0.2, 0) is 11.0 Å². The number of carbonyl (C=O) groups is 2. The number of alkyl halides is 3. The Labute approximate surface area is 142 Å². The van der Waals surface area contributed by atoms with E-state index in [1.54, 1.807) is 25.2 Å². The van der Waals surface area contributed by atoms with Crippen LogP contribution in [0.3, 0.4) is 0 Å². The van der Waals surface area contributed by atoms with Crippen molar-refractivity contribution in [1.82, 2.24) is 0 Å². The SMILES string of the molecule is CNc1cccc(C(=O)O)c1.O=CCOc1ccc(C(F)(F)F)cc1. The number of rotatable bonds is 5. The van der Waals surface area contributed by atoms with E-state index < -0.39 is 17.7 Å². The molecule has 0 aliphatic heterocycles. The molecule has 0 amide bonds. The van der Waals surface area contributed by atoms with Crippen LogP contribution in [0.25, 0.3) is 0 Å². The molecule has 0 spiro atoms. The van der Waals surface area contributed by atoms with Crippen molar-refractivity contribution in [3.8, 4) is 5.75 Å². The van der Waals surface area contributed by atoms with E-state index in [-0.39, 0.29) is 12.4 Å². The van der Waals surface area contributed by atoms with Crippen LogP contribution in [0.4, 0.5) is 18.9 Å². The molecule has 5 nitrogen and oxygen atoms in total. The Morgan fingerprint density at radius 2 is 1.84 bits per heavy atom. The molecule has 8 heteroatoms. The maximum absolute atomic E-state index is 12.1. The molecule has 2 N–H and O–H groups in total. The number of hydrogen-bond donors (Lipinski definition) is 2. The van der Waals surface area contributed by atoms with Crippen LogP contribution in [0.5, 0.6) is 5.75 Å². The number of benzene rings is 2. The molecule has 0 heterocycles. The number of anilines is 1. The van der Waals surface area contributed by atoms with Crippen LogP contribution < -0.4 is 10.1 Å². The lowest BCUT2D eigenvalue weighted by atomic mass is 10.2. The molecule has 0 fully saturated rings. The maximum Gasteiger partial charge on any atom is 0.416 e. The summed E-state index contributed by atoms with van der Waals surface area (Å²) in [5.74, 6) is -0.660. The van der Waals surface area contributed by atoms with Crippen LogP contribution in [0.15, 0.2) is 48.5 Å². The molecule has 0 atom stereocenters. The van der Waals surface area contributed by atoms with Gasteiger partial charge in [0.1, 0.15) is 12.4 Å². The number of carbonyl (C=O) groups excluding carboxylic acids is 1. The van der Waals surface area contributed by atoms with Gasteiger partial charge < -0.3 is 15.2 Å². The molecular weight excluding hydrogens is 339 g/mol. The van der Waals surface area contributed by atoms with Crippen molar-refractivity contribution in [3.63, 3.8) is 0 Å². The van der Waals surface area contributed by atoms with Gasteiger partial charge in [0.2, 0.25) is 0 Å². The molecule has 0 aromatic heterocycles. The summed E-state index contributed by atoms with van der Waals surface area (Å²) >= 11 is 0. The zero-order valence-electron chi connectivity index (χ0n) is 13.2. The first-order valence-corrected chi connectivity index (χ1v) is 7.02. The van der Waals surface area contributed by atoms with Gasteiger partial charge in [0.25, 0.3) is 0 Å². The summed E-state index contributed by atoms with van der Waals surface area (Å²) in [6.07, 6.45) is -3.82. The monoisotopic (exact) mass is 355 g/mol. The molecule has 0 aliphatic carbocycles. The predicted octanol–water partition coefficient (Wildman–Crippen LogP) is 3.71. The van der Waals surface area contributed by atoms with Crippen LogP contribution >= 0.6 is 0 Å². The number of hydrogen-bond acceptors (Lipinski definition) is 4. The molecule has 0 saturated carbocycles. The molecule has 0 aliphatic rings. The second-order valence-corrected chi connectivity index (χ2v) is 4.64. The van der Waals surface area contributed by atoms with E-state index in [4.69, 9.17) is 9.84 Å². The molecule has 134 valence electrons. The zero-order chi connectivity index (χ0) is 18.9. The van der Waals surface area contributed by atoms with Gasteiger partial charge in [-0.25, -0.2) is 4.79 Å². The lowest BCUT2D eigenvalue weighted by Crippen LogP contribution is -2.04. The fraction of sp³-hybridized carbons (Fsp3) is 0.176. The Bertz CT molecular complexity index is 700. The van der Waals surface area contributed by atoms with Gasteiger partial charge in [-0.1, -0.05) is 6.07 Å². The van der Waals surface area contributed by atoms with Gasteiger partial charge in [0.05, 0.1) is 11.1 Å². The summed E-state index contributed by atoms with van der Waals surface area (Å²) in [4.78, 5) is 20.3. The van der Waals surface area contributed by atoms with Crippen LogP contribution in [0, 0.1) is 0 Å². The summed E-state index contributed by atoms with van der Waals surface area (Å²) in [6, 6.07) is 10.8. The van der Waals surface area contributed by atoms with Crippen molar-refractivity contribution in [2.24, 2.45) is 0 Å². The van der Waals surface area contributed by atoms with Gasteiger partial charge in [-0.15, -0.1) is 0 Å². The second kappa shape index (κ2) is 9.31. The first-order valence-electron chi connectivity index (χ1n) is 7.02. The second-order valence-electron chi connectivity index (χ2n) is 4.64. The van der Waals surface area contributed by atoms with E-state index in [2.05, 4.69) is 5.32 Å². The van der Waals surface area contributed by atoms with E-state index in [0.29, 0.717) is 11.8 Å². The Morgan fingerprint density at radius 3 is 2.32 bits per heavy atom. The Kier molecular flexibility index (Phi) is 7.45. The summed E-state index contributed by atoms with van der Waals surface area (Å²) < 4.78 is 41.0. The number of carboxylic acids is 1. The zero-order valence-corrected chi connectivity index (χ0v) is 13.2. The van der Waals surface area contributed by atoms with Gasteiger partial charge >= 0.3 is 12.1 Å². The molecule has 0 bridgehead atoms. The highest BCUT2D eigenvalue weighted by Gasteiger charge is 2.29. The molecule has 2 aromatic rings. The van der Waals surface area contributed by atoms with Crippen LogP contribution in [0.2, 0.25) is 0 Å². The lowest BCUT2D eigenvalue weighted by Gasteiger charge is -2.07. The molecule has 0 unspecified atom stereocenters. The van der Waals surface area contributed by atoms with Crippen molar-refractivity contribution in [3.05, 3.63) is 59.7 Å². The highest BCUT2D eigenvalue weighted by atomic mass is 19.4. The molecule has 0 saturated heterocycles. The van der Waals surface area contributed by atoms with E-state index in [1.807, 2.05) is 6.07 Å². The fourth-order valence-corrected chi connectivity index (χ4v) is 1.68. The largest absolute Gasteiger partial charge is 0.486 e. The smallest absolute Gasteiger partial charge is 0.416 e. The molecule has 2 rings (SSSR count). The number of aromatic carboxylic acids is 1. The van der Waals surface area contributed by atoms with Gasteiger partial charge in [-0.3, -0.25) is 4.79 Å². The molecule has 25 heavy (non-hydrogen) atoms. The average Bonchev–Trinajstić information content (AvgIpc) is 2.60. The summed E-state index contributed by atoms with van der Waals surface area (Å²) in [6.45, 7) is -0.161. The van der Waals surface area contributed by atoms with Crippen molar-refractivity contribution in [2.45, 2.75) is 6.18 Å². The number of nitrogens with one attached hydrogen (secondary N) is 1. The third-order valence-electron chi connectivity index (χ3n) is 2.90. The third kappa shape index (κ3) is 6.94. The summed E-state index contributed by atoms with van der Waals surface area (Å²) in [5.41, 5.74) is 0.373. The highest BCUT2D eigenvalue weighted by Crippen LogP contribution is 2.30. The van der Waals surface area contributed by atoms with Crippen LogP contribution in [0.1, 0.15) is 15.9 Å². The van der Waals surface area contributed by atoms with Crippen molar-refractivity contribution >= 4 is 17.9 Å². The number of halogens is 3. The minimum Gasteiger partial charge on any atom is -0.486 e. The topological polar surface area (TPSA) is 75.6 Å². The first-order chi connectivity index (χ1) is 11.8. The number of ether oxygens (including phenoxy) is 1. The van der Waals surface area contributed by atoms with Crippen LogP contribution in [-0.4, -0.2) is 31.0 Å². The highest BCUT2D eigenvalue weighted by molar-refractivity contribution is 5.88. The Balaban J connectivity index is 0.000000257. The number of aldehydes is 1. The van der Waals surface area contributed by atoms with Crippen molar-refractivity contribution in [1.29, 1.82) is 0 Å². The minimum atomic E-state index is -4.34. The maximum atomic E-state index is 12.1. The fourth-order valence-electron chi connectivity index (χ4n) is 1.68. The third-order valence-corrected chi connectivity index (χ3v) is 2.90. The van der Waals surface area contributed by atoms with Gasteiger partial charge in [-0.05, 0) is 42.5 Å². The van der Waals surface area contributed by atoms with E-state index in [1.165, 1.54) is 12.1 Å². The molecular formula is C17H16F3NO4. The Hall–Kier alpha value is -3.03. The van der Waals surface area contributed by atoms with E-state index >= 15 is 0 Å². The van der Waals surface area contributed by atoms with E-state index in [0.717, 1.165) is 17.8 Å². The van der Waals surface area contributed by atoms with Gasteiger partial charge in [0, 0.05) is 12.7 Å². The average molecular weight is 355 g/mol. The quantitative estimate of drug-likeness (QED) is 0.800. The van der Waals surface area contributed by atoms with Crippen molar-refractivity contribution < 1.29 is 32.6 Å². The minimum absolute atomic E-state index is 0.161. The van der Waals surface area contributed by atoms with Gasteiger partial charge in [-0.2, -0.15) is 13.2 Å². The lowest BCUT2D eigenvalue weighted by molar-refractivity contribution is -0.137. The van der Waals surface area contributed by atoms with E-state index in [9.17, 15) is 22.8 Å². The number of carboxylic acid groups (broad SMARTS) is 1. The van der Waals surface area contributed by atoms with Crippen molar-refractivity contribution in [2.75, 3.05) is 19.0 Å².